The number of nitrogens with two attached hydrogens (primary N) is 1. The third-order valence-electron chi connectivity index (χ3n) is 2.60. The van der Waals surface area contributed by atoms with Crippen LogP contribution in [0.4, 0.5) is 5.82 Å². The molecular formula is C15H14N4O2. The molecule has 0 radical (unpaired) electrons. The van der Waals surface area contributed by atoms with E-state index in [0.29, 0.717) is 22.7 Å². The van der Waals surface area contributed by atoms with Crippen LogP contribution in [0, 0.1) is 11.8 Å². The second kappa shape index (κ2) is 7.03. The van der Waals surface area contributed by atoms with Crippen molar-refractivity contribution in [3.05, 3.63) is 47.7 Å². The molecule has 6 heteroatoms. The van der Waals surface area contributed by atoms with Crippen LogP contribution in [-0.4, -0.2) is 29.8 Å². The summed E-state index contributed by atoms with van der Waals surface area (Å²) in [6, 6.07) is 8.33. The number of carbonyl (C=O) groups is 1. The molecule has 2 aromatic rings. The van der Waals surface area contributed by atoms with Crippen LogP contribution in [0.2, 0.25) is 0 Å². The van der Waals surface area contributed by atoms with Crippen LogP contribution >= 0.6 is 0 Å². The molecule has 2 rings (SSSR count). The number of rotatable bonds is 3. The molecule has 1 amide bonds. The number of benzene rings is 1. The zero-order valence-corrected chi connectivity index (χ0v) is 11.5. The Morgan fingerprint density at radius 1 is 1.43 bits per heavy atom. The lowest BCUT2D eigenvalue weighted by molar-refractivity contribution is 0.102. The Morgan fingerprint density at radius 3 is 2.95 bits per heavy atom. The zero-order chi connectivity index (χ0) is 15.1. The van der Waals surface area contributed by atoms with Crippen LogP contribution in [0.1, 0.15) is 15.9 Å². The fraction of sp³-hybridized carbons (Fsp3) is 0.133. The molecule has 1 aromatic heterocycles. The standard InChI is InChI=1S/C15H14N4O2/c1-21-13-7-6-12(10-11(13)4-2-8-16)15(20)18-14-5-3-9-17-19-14/h3,5-7,9-10H,8,16H2,1H3,(H,18,19,20). The molecule has 21 heavy (non-hydrogen) atoms. The van der Waals surface area contributed by atoms with E-state index in [1.165, 1.54) is 6.20 Å². The van der Waals surface area contributed by atoms with Crippen molar-refractivity contribution >= 4 is 11.7 Å². The molecule has 0 aliphatic carbocycles. The van der Waals surface area contributed by atoms with Gasteiger partial charge >= 0.3 is 0 Å². The van der Waals surface area contributed by atoms with Crippen molar-refractivity contribution < 1.29 is 9.53 Å². The van der Waals surface area contributed by atoms with E-state index >= 15 is 0 Å². The van der Waals surface area contributed by atoms with Crippen molar-refractivity contribution in [1.29, 1.82) is 0 Å². The van der Waals surface area contributed by atoms with Crippen LogP contribution < -0.4 is 15.8 Å². The number of nitrogens with one attached hydrogen (secondary N) is 1. The van der Waals surface area contributed by atoms with Crippen molar-refractivity contribution in [2.45, 2.75) is 0 Å². The van der Waals surface area contributed by atoms with Crippen molar-refractivity contribution in [1.82, 2.24) is 10.2 Å². The average molecular weight is 282 g/mol. The first kappa shape index (κ1) is 14.5. The smallest absolute Gasteiger partial charge is 0.256 e. The van der Waals surface area contributed by atoms with Gasteiger partial charge in [0.2, 0.25) is 0 Å². The first-order valence-electron chi connectivity index (χ1n) is 6.20. The molecule has 0 aliphatic heterocycles. The van der Waals surface area contributed by atoms with Crippen molar-refractivity contribution in [2.24, 2.45) is 5.73 Å². The molecule has 0 aliphatic rings. The normalized spacial score (nSPS) is 9.43. The molecule has 0 unspecified atom stereocenters. The van der Waals surface area contributed by atoms with E-state index in [9.17, 15) is 4.79 Å². The second-order valence-corrected chi connectivity index (χ2v) is 3.98. The molecular weight excluding hydrogens is 268 g/mol. The van der Waals surface area contributed by atoms with Gasteiger partial charge in [0.25, 0.3) is 5.91 Å². The van der Waals surface area contributed by atoms with Gasteiger partial charge in [-0.1, -0.05) is 11.8 Å². The lowest BCUT2D eigenvalue weighted by atomic mass is 10.1. The van der Waals surface area contributed by atoms with Gasteiger partial charge in [0.15, 0.2) is 5.82 Å². The van der Waals surface area contributed by atoms with E-state index in [1.807, 2.05) is 0 Å². The van der Waals surface area contributed by atoms with Crippen LogP contribution in [-0.2, 0) is 0 Å². The molecule has 0 bridgehead atoms. The molecule has 1 aromatic carbocycles. The van der Waals surface area contributed by atoms with E-state index in [-0.39, 0.29) is 12.5 Å². The summed E-state index contributed by atoms with van der Waals surface area (Å²) in [6.45, 7) is 0.235. The fourth-order valence-corrected chi connectivity index (χ4v) is 1.65. The van der Waals surface area contributed by atoms with Crippen LogP contribution in [0.25, 0.3) is 0 Å². The number of methoxy groups -OCH3 is 1. The predicted molar refractivity (Wildman–Crippen MR) is 78.9 cm³/mol. The first-order valence-corrected chi connectivity index (χ1v) is 6.20. The summed E-state index contributed by atoms with van der Waals surface area (Å²) < 4.78 is 5.20. The molecule has 0 atom stereocenters. The van der Waals surface area contributed by atoms with Crippen molar-refractivity contribution in [2.75, 3.05) is 19.0 Å². The second-order valence-electron chi connectivity index (χ2n) is 3.98. The van der Waals surface area contributed by atoms with Gasteiger partial charge in [-0.2, -0.15) is 5.10 Å². The number of amides is 1. The summed E-state index contributed by atoms with van der Waals surface area (Å²) in [5.74, 6) is 6.29. The van der Waals surface area contributed by atoms with Crippen LogP contribution in [0.15, 0.2) is 36.5 Å². The Kier molecular flexibility index (Phi) is 4.85. The predicted octanol–water partition coefficient (Wildman–Crippen LogP) is 1.05. The Balaban J connectivity index is 2.25. The maximum Gasteiger partial charge on any atom is 0.256 e. The topological polar surface area (TPSA) is 90.1 Å². The summed E-state index contributed by atoms with van der Waals surface area (Å²) in [6.07, 6.45) is 1.53. The maximum atomic E-state index is 12.1. The van der Waals surface area contributed by atoms with Gasteiger partial charge in [0.05, 0.1) is 19.2 Å². The van der Waals surface area contributed by atoms with Gasteiger partial charge in [0, 0.05) is 11.8 Å². The van der Waals surface area contributed by atoms with Gasteiger partial charge < -0.3 is 15.8 Å². The first-order chi connectivity index (χ1) is 10.2. The number of anilines is 1. The third kappa shape index (κ3) is 3.78. The van der Waals surface area contributed by atoms with Crippen molar-refractivity contribution in [3.8, 4) is 17.6 Å². The monoisotopic (exact) mass is 282 g/mol. The van der Waals surface area contributed by atoms with E-state index < -0.39 is 0 Å². The zero-order valence-electron chi connectivity index (χ0n) is 11.5. The average Bonchev–Trinajstić information content (AvgIpc) is 2.53. The van der Waals surface area contributed by atoms with Crippen LogP contribution in [0.3, 0.4) is 0 Å². The van der Waals surface area contributed by atoms with E-state index in [1.54, 1.807) is 37.4 Å². The number of hydrogen-bond acceptors (Lipinski definition) is 5. The summed E-state index contributed by atoms with van der Waals surface area (Å²) in [4.78, 5) is 12.1. The van der Waals surface area contributed by atoms with Gasteiger partial charge in [-0.05, 0) is 30.3 Å². The van der Waals surface area contributed by atoms with Gasteiger partial charge in [-0.15, -0.1) is 5.10 Å². The highest BCUT2D eigenvalue weighted by atomic mass is 16.5. The molecule has 1 heterocycles. The number of carbonyl (C=O) groups excluding carboxylic acids is 1. The highest BCUT2D eigenvalue weighted by molar-refractivity contribution is 6.04. The maximum absolute atomic E-state index is 12.1. The van der Waals surface area contributed by atoms with E-state index in [0.717, 1.165) is 0 Å². The van der Waals surface area contributed by atoms with Gasteiger partial charge in [-0.25, -0.2) is 0 Å². The highest BCUT2D eigenvalue weighted by Gasteiger charge is 2.10. The highest BCUT2D eigenvalue weighted by Crippen LogP contribution is 2.19. The Labute approximate surface area is 122 Å². The number of nitrogens with zero attached hydrogens (tertiary/aromatic N) is 2. The minimum atomic E-state index is -0.297. The number of hydrogen-bond donors (Lipinski definition) is 2. The lowest BCUT2D eigenvalue weighted by Crippen LogP contribution is -2.13. The summed E-state index contributed by atoms with van der Waals surface area (Å²) in [5.41, 5.74) is 6.41. The molecule has 106 valence electrons. The third-order valence-corrected chi connectivity index (χ3v) is 2.60. The molecule has 0 spiro atoms. The minimum Gasteiger partial charge on any atom is -0.495 e. The van der Waals surface area contributed by atoms with E-state index in [4.69, 9.17) is 10.5 Å². The molecule has 3 N–H and O–H groups in total. The molecule has 0 fully saturated rings. The lowest BCUT2D eigenvalue weighted by Gasteiger charge is -2.07. The molecule has 0 saturated heterocycles. The SMILES string of the molecule is COc1ccc(C(=O)Nc2cccnn2)cc1C#CCN. The van der Waals surface area contributed by atoms with Crippen molar-refractivity contribution in [3.63, 3.8) is 0 Å². The van der Waals surface area contributed by atoms with Gasteiger partial charge in [-0.3, -0.25) is 4.79 Å². The summed E-state index contributed by atoms with van der Waals surface area (Å²) in [5, 5.41) is 10.1. The quantitative estimate of drug-likeness (QED) is 0.821. The number of aromatic nitrogens is 2. The molecule has 6 nitrogen and oxygen atoms in total. The molecule has 0 saturated carbocycles. The van der Waals surface area contributed by atoms with E-state index in [2.05, 4.69) is 27.4 Å². The number of ether oxygens (including phenoxy) is 1. The van der Waals surface area contributed by atoms with Gasteiger partial charge in [0.1, 0.15) is 5.75 Å². The summed E-state index contributed by atoms with van der Waals surface area (Å²) in [7, 11) is 1.54. The largest absolute Gasteiger partial charge is 0.495 e. The fourth-order valence-electron chi connectivity index (χ4n) is 1.65. The summed E-state index contributed by atoms with van der Waals surface area (Å²) >= 11 is 0. The Hall–Kier alpha value is -2.91. The minimum absolute atomic E-state index is 0.235. The Bertz CT molecular complexity index is 690. The Morgan fingerprint density at radius 2 is 2.29 bits per heavy atom. The van der Waals surface area contributed by atoms with Crippen LogP contribution in [0.5, 0.6) is 5.75 Å².